The van der Waals surface area contributed by atoms with Crippen LogP contribution in [0.25, 0.3) is 22.3 Å². The van der Waals surface area contributed by atoms with E-state index in [0.29, 0.717) is 30.4 Å². The highest BCUT2D eigenvalue weighted by Crippen LogP contribution is 2.56. The number of rotatable bonds is 3. The smallest absolute Gasteiger partial charge is 0.325 e. The lowest BCUT2D eigenvalue weighted by Crippen LogP contribution is -2.39. The number of aromatic amines is 1. The summed E-state index contributed by atoms with van der Waals surface area (Å²) in [5, 5.41) is 0. The molecule has 43 heavy (non-hydrogen) atoms. The highest BCUT2D eigenvalue weighted by Gasteiger charge is 2.56. The lowest BCUT2D eigenvalue weighted by atomic mass is 9.77. The van der Waals surface area contributed by atoms with Crippen LogP contribution in [0.3, 0.4) is 0 Å². The fourth-order valence-electron chi connectivity index (χ4n) is 6.70. The predicted molar refractivity (Wildman–Crippen MR) is 153 cm³/mol. The quantitative estimate of drug-likeness (QED) is 0.236. The van der Waals surface area contributed by atoms with Crippen LogP contribution in [0.1, 0.15) is 45.6 Å². The molecule has 2 bridgehead atoms. The number of anilines is 2. The molecule has 9 atom stereocenters. The summed E-state index contributed by atoms with van der Waals surface area (Å²) >= 11 is 5.36. The zero-order chi connectivity index (χ0) is 30.3. The molecule has 3 fully saturated rings. The van der Waals surface area contributed by atoms with Gasteiger partial charge in [-0.15, -0.1) is 0 Å². The van der Waals surface area contributed by atoms with Crippen molar-refractivity contribution in [1.29, 1.82) is 0 Å². The van der Waals surface area contributed by atoms with E-state index in [2.05, 4.69) is 29.9 Å². The largest absolute Gasteiger partial charge is 0.382 e. The number of aromatic nitrogens is 8. The number of hydrogen-bond donors (Lipinski definition) is 4. The summed E-state index contributed by atoms with van der Waals surface area (Å²) in [5.74, 6) is -0.145. The number of imidazole rings is 2. The Bertz CT molecular complexity index is 1820. The number of nitrogens with two attached hydrogens (primary N) is 2. The summed E-state index contributed by atoms with van der Waals surface area (Å²) in [6, 6.07) is 0. The normalized spacial score (nSPS) is 36.6. The fraction of sp³-hybridized carbons (Fsp3) is 0.583. The van der Waals surface area contributed by atoms with Gasteiger partial charge in [0.15, 0.2) is 35.0 Å². The molecule has 7 heterocycles. The van der Waals surface area contributed by atoms with Crippen molar-refractivity contribution in [2.75, 3.05) is 18.1 Å². The van der Waals surface area contributed by atoms with E-state index in [1.165, 1.54) is 17.2 Å². The third-order valence-electron chi connectivity index (χ3n) is 8.71. The van der Waals surface area contributed by atoms with Gasteiger partial charge in [0.1, 0.15) is 24.2 Å². The molecule has 0 amide bonds. The molecule has 0 radical (unpaired) electrons. The third-order valence-corrected chi connectivity index (χ3v) is 10.3. The summed E-state index contributed by atoms with van der Waals surface area (Å²) < 4.78 is 43.9. The first kappa shape index (κ1) is 28.6. The van der Waals surface area contributed by atoms with Crippen LogP contribution in [0.4, 0.5) is 16.2 Å². The number of hydrogen-bond acceptors (Lipinski definition) is 13. The lowest BCUT2D eigenvalue weighted by Gasteiger charge is -2.33. The van der Waals surface area contributed by atoms with Crippen molar-refractivity contribution in [2.24, 2.45) is 11.8 Å². The Kier molecular flexibility index (Phi) is 6.81. The number of fused-ring (bicyclic) bond motifs is 5. The van der Waals surface area contributed by atoms with Gasteiger partial charge < -0.3 is 30.4 Å². The minimum absolute atomic E-state index is 0.00837. The Morgan fingerprint density at radius 2 is 1.91 bits per heavy atom. The number of nitrogen functional groups attached to an aromatic ring is 2. The highest BCUT2D eigenvalue weighted by molar-refractivity contribution is 8.07. The van der Waals surface area contributed by atoms with Crippen molar-refractivity contribution >= 4 is 52.6 Å². The lowest BCUT2D eigenvalue weighted by molar-refractivity contribution is -0.104. The van der Waals surface area contributed by atoms with Gasteiger partial charge in [-0.3, -0.25) is 23.4 Å². The Morgan fingerprint density at radius 1 is 1.16 bits per heavy atom. The van der Waals surface area contributed by atoms with Gasteiger partial charge in [0.05, 0.1) is 31.0 Å². The molecular weight excluding hydrogens is 606 g/mol. The van der Waals surface area contributed by atoms with Crippen molar-refractivity contribution in [3.63, 3.8) is 0 Å². The number of H-pyrrole nitrogens is 1. The van der Waals surface area contributed by atoms with Gasteiger partial charge in [-0.2, -0.15) is 4.98 Å². The molecule has 2 unspecified atom stereocenters. The van der Waals surface area contributed by atoms with E-state index in [1.54, 1.807) is 6.33 Å². The zero-order valence-electron chi connectivity index (χ0n) is 23.1. The summed E-state index contributed by atoms with van der Waals surface area (Å²) in [6.07, 6.45) is 0.0886. The first-order valence-corrected chi connectivity index (χ1v) is 16.4. The maximum atomic E-state index is 16.1. The standard InChI is InChI=1S/C24H30FN10O6PS/c1-3-10-11-4-5-12-13(25)16(22(39-12)35-9-31-15-19(35)32-23(27)33-20(15)36)41-42(37,43)38-6-24(11,2)40-21(10)34-8-30-14-17(26)28-7-29-18(14)34/h7-13,16,21-22H,3-6H2,1-2H3,(H,37,43)(H2,26,28,29)(H3,27,32,33,36)/t10-,11+,12?,13+,16-,21-,22-,24-,42?/m1/s1. The van der Waals surface area contributed by atoms with Crippen molar-refractivity contribution in [1.82, 2.24) is 39.0 Å². The van der Waals surface area contributed by atoms with Gasteiger partial charge in [-0.1, -0.05) is 6.92 Å². The van der Waals surface area contributed by atoms with E-state index in [0.717, 1.165) is 0 Å². The molecule has 230 valence electrons. The van der Waals surface area contributed by atoms with Crippen LogP contribution < -0.4 is 17.0 Å². The number of ether oxygens (including phenoxy) is 2. The first-order valence-electron chi connectivity index (χ1n) is 13.8. The molecule has 0 spiro atoms. The summed E-state index contributed by atoms with van der Waals surface area (Å²) in [7, 11) is 0. The second kappa shape index (κ2) is 10.2. The monoisotopic (exact) mass is 636 g/mol. The number of alkyl halides is 1. The first-order chi connectivity index (χ1) is 20.5. The average molecular weight is 637 g/mol. The highest BCUT2D eigenvalue weighted by atomic mass is 32.5. The van der Waals surface area contributed by atoms with E-state index in [4.69, 9.17) is 41.8 Å². The van der Waals surface area contributed by atoms with Gasteiger partial charge in [0.2, 0.25) is 5.95 Å². The van der Waals surface area contributed by atoms with Gasteiger partial charge >= 0.3 is 6.72 Å². The maximum absolute atomic E-state index is 16.1. The van der Waals surface area contributed by atoms with Crippen LogP contribution in [-0.4, -0.2) is 74.5 Å². The van der Waals surface area contributed by atoms with Crippen LogP contribution in [0.5, 0.6) is 0 Å². The molecule has 3 aliphatic rings. The molecule has 7 rings (SSSR count). The molecule has 3 saturated heterocycles. The molecule has 0 saturated carbocycles. The molecule has 3 aliphatic heterocycles. The average Bonchev–Trinajstić information content (AvgIpc) is 3.70. The van der Waals surface area contributed by atoms with E-state index in [9.17, 15) is 9.69 Å². The molecule has 6 N–H and O–H groups in total. The molecular formula is C24H30FN10O6PS. The number of nitrogens with one attached hydrogen (secondary N) is 1. The molecule has 0 aliphatic carbocycles. The van der Waals surface area contributed by atoms with Gasteiger partial charge in [-0.05, 0) is 43.9 Å². The van der Waals surface area contributed by atoms with E-state index in [-0.39, 0.29) is 41.4 Å². The van der Waals surface area contributed by atoms with Crippen molar-refractivity contribution in [2.45, 2.75) is 69.5 Å². The van der Waals surface area contributed by atoms with Crippen molar-refractivity contribution in [3.05, 3.63) is 29.3 Å². The SMILES string of the molecule is CC[C@H]1[C@H](n2cnc3c(N)ncnc32)O[C@]2(C)COP(O)(=S)O[C@H]3[C@H](n4cnc5c(=O)[nH]c(N)nc54)OC(CC[C@@H]12)[C@@H]3F. The minimum atomic E-state index is -4.04. The van der Waals surface area contributed by atoms with E-state index < -0.39 is 48.7 Å². The predicted octanol–water partition coefficient (Wildman–Crippen LogP) is 1.70. The summed E-state index contributed by atoms with van der Waals surface area (Å²) in [4.78, 5) is 47.0. The second-order valence-electron chi connectivity index (χ2n) is 11.3. The molecule has 4 aromatic heterocycles. The van der Waals surface area contributed by atoms with Gasteiger partial charge in [0, 0.05) is 5.92 Å². The van der Waals surface area contributed by atoms with Crippen molar-refractivity contribution < 1.29 is 27.8 Å². The Hall–Kier alpha value is -3.12. The topological polar surface area (TPSA) is 216 Å². The van der Waals surface area contributed by atoms with E-state index >= 15 is 4.39 Å². The molecule has 19 heteroatoms. The van der Waals surface area contributed by atoms with Crippen LogP contribution in [-0.2, 0) is 30.3 Å². The van der Waals surface area contributed by atoms with Gasteiger partial charge in [0.25, 0.3) is 5.56 Å². The summed E-state index contributed by atoms with van der Waals surface area (Å²) in [6.45, 7) is -0.221. The third kappa shape index (κ3) is 4.63. The van der Waals surface area contributed by atoms with Crippen LogP contribution in [0.15, 0.2) is 23.8 Å². The molecule has 16 nitrogen and oxygen atoms in total. The van der Waals surface area contributed by atoms with Crippen LogP contribution >= 0.6 is 6.72 Å². The Balaban J connectivity index is 1.24. The number of nitrogens with zero attached hydrogens (tertiary/aromatic N) is 7. The Morgan fingerprint density at radius 3 is 2.67 bits per heavy atom. The Labute approximate surface area is 248 Å². The molecule has 4 aromatic rings. The van der Waals surface area contributed by atoms with Crippen LogP contribution in [0, 0.1) is 11.8 Å². The fourth-order valence-corrected chi connectivity index (χ4v) is 8.16. The van der Waals surface area contributed by atoms with Crippen molar-refractivity contribution in [3.8, 4) is 0 Å². The van der Waals surface area contributed by atoms with Crippen LogP contribution in [0.2, 0.25) is 0 Å². The maximum Gasteiger partial charge on any atom is 0.325 e. The zero-order valence-corrected chi connectivity index (χ0v) is 24.8. The summed E-state index contributed by atoms with van der Waals surface area (Å²) in [5.41, 5.74) is 11.3. The number of halogens is 1. The molecule has 0 aromatic carbocycles. The van der Waals surface area contributed by atoms with E-state index in [1.807, 2.05) is 18.4 Å². The second-order valence-corrected chi connectivity index (χ2v) is 14.0. The minimum Gasteiger partial charge on any atom is -0.382 e. The van der Waals surface area contributed by atoms with Gasteiger partial charge in [-0.25, -0.2) is 24.3 Å².